The van der Waals surface area contributed by atoms with Crippen LogP contribution in [0.4, 0.5) is 17.6 Å². The number of carbonyl (C=O) groups excluding carboxylic acids is 1. The molecule has 0 aliphatic carbocycles. The standard InChI is InChI=1S/C22H27F4N3O5S/c1-13(14-4-6-16(17(23)10-14)20(27)35(3,31)32)21(30)28-11-15-5-7-19(22(24,25)26)29-18(15)12-34-9-8-33-2/h4-7,10,13,20H,8-9,11-12,27H2,1-3H3,(H,28,30). The van der Waals surface area contributed by atoms with E-state index in [-0.39, 0.29) is 43.2 Å². The molecule has 35 heavy (non-hydrogen) atoms. The fourth-order valence-corrected chi connectivity index (χ4v) is 3.70. The average Bonchev–Trinajstić information content (AvgIpc) is 2.78. The Hall–Kier alpha value is -2.61. The second-order valence-electron chi connectivity index (χ2n) is 7.82. The summed E-state index contributed by atoms with van der Waals surface area (Å²) in [5.41, 5.74) is 4.85. The van der Waals surface area contributed by atoms with Crippen LogP contribution in [0.2, 0.25) is 0 Å². The molecule has 0 aliphatic rings. The van der Waals surface area contributed by atoms with Gasteiger partial charge in [-0.1, -0.05) is 18.2 Å². The highest BCUT2D eigenvalue weighted by molar-refractivity contribution is 7.90. The van der Waals surface area contributed by atoms with E-state index in [0.29, 0.717) is 5.56 Å². The summed E-state index contributed by atoms with van der Waals surface area (Å²) < 4.78 is 87.0. The number of nitrogens with two attached hydrogens (primary N) is 1. The van der Waals surface area contributed by atoms with Gasteiger partial charge in [0.25, 0.3) is 0 Å². The first kappa shape index (κ1) is 28.6. The van der Waals surface area contributed by atoms with Crippen LogP contribution in [0, 0.1) is 5.82 Å². The molecule has 1 amide bonds. The lowest BCUT2D eigenvalue weighted by Gasteiger charge is -2.17. The van der Waals surface area contributed by atoms with E-state index in [1.807, 2.05) is 0 Å². The highest BCUT2D eigenvalue weighted by Gasteiger charge is 2.33. The number of hydrogen-bond acceptors (Lipinski definition) is 7. The van der Waals surface area contributed by atoms with Crippen LogP contribution in [0.15, 0.2) is 30.3 Å². The molecule has 2 unspecified atom stereocenters. The highest BCUT2D eigenvalue weighted by Crippen LogP contribution is 2.29. The fraction of sp³-hybridized carbons (Fsp3) is 0.455. The lowest BCUT2D eigenvalue weighted by molar-refractivity contribution is -0.141. The fourth-order valence-electron chi connectivity index (χ4n) is 3.05. The van der Waals surface area contributed by atoms with Crippen LogP contribution >= 0.6 is 0 Å². The quantitative estimate of drug-likeness (QED) is 0.345. The summed E-state index contributed by atoms with van der Waals surface area (Å²) in [6.45, 7) is 1.52. The molecule has 0 fully saturated rings. The van der Waals surface area contributed by atoms with Crippen molar-refractivity contribution in [2.24, 2.45) is 5.73 Å². The van der Waals surface area contributed by atoms with Crippen molar-refractivity contribution in [2.75, 3.05) is 26.6 Å². The minimum atomic E-state index is -4.65. The molecular weight excluding hydrogens is 494 g/mol. The van der Waals surface area contributed by atoms with Crippen molar-refractivity contribution in [1.82, 2.24) is 10.3 Å². The second kappa shape index (κ2) is 11.9. The van der Waals surface area contributed by atoms with E-state index in [9.17, 15) is 30.8 Å². The molecule has 194 valence electrons. The third-order valence-corrected chi connectivity index (χ3v) is 6.34. The molecule has 0 spiro atoms. The molecule has 8 nitrogen and oxygen atoms in total. The maximum Gasteiger partial charge on any atom is 0.433 e. The van der Waals surface area contributed by atoms with Crippen LogP contribution in [0.1, 0.15) is 46.3 Å². The first-order chi connectivity index (χ1) is 16.3. The monoisotopic (exact) mass is 521 g/mol. The minimum Gasteiger partial charge on any atom is -0.382 e. The molecule has 0 saturated carbocycles. The van der Waals surface area contributed by atoms with Gasteiger partial charge in [0.15, 0.2) is 9.84 Å². The highest BCUT2D eigenvalue weighted by atomic mass is 32.2. The van der Waals surface area contributed by atoms with E-state index in [1.54, 1.807) is 0 Å². The van der Waals surface area contributed by atoms with Crippen LogP contribution in [0.25, 0.3) is 0 Å². The van der Waals surface area contributed by atoms with Gasteiger partial charge in [0.2, 0.25) is 5.91 Å². The van der Waals surface area contributed by atoms with E-state index in [2.05, 4.69) is 10.3 Å². The van der Waals surface area contributed by atoms with Gasteiger partial charge in [-0.3, -0.25) is 4.79 Å². The summed E-state index contributed by atoms with van der Waals surface area (Å²) in [6, 6.07) is 5.64. The number of halogens is 4. The Morgan fingerprint density at radius 2 is 1.89 bits per heavy atom. The van der Waals surface area contributed by atoms with Crippen molar-refractivity contribution in [2.45, 2.75) is 37.5 Å². The summed E-state index contributed by atoms with van der Waals surface area (Å²) in [6.07, 6.45) is -3.76. The van der Waals surface area contributed by atoms with E-state index >= 15 is 0 Å². The zero-order valence-corrected chi connectivity index (χ0v) is 20.2. The van der Waals surface area contributed by atoms with E-state index in [1.165, 1.54) is 32.2 Å². The summed E-state index contributed by atoms with van der Waals surface area (Å²) in [4.78, 5) is 16.3. The number of alkyl halides is 3. The predicted octanol–water partition coefficient (Wildman–Crippen LogP) is 2.82. The number of amides is 1. The lowest BCUT2D eigenvalue weighted by atomic mass is 9.98. The molecule has 13 heteroatoms. The Morgan fingerprint density at radius 1 is 1.20 bits per heavy atom. The van der Waals surface area contributed by atoms with Gasteiger partial charge in [-0.15, -0.1) is 0 Å². The van der Waals surface area contributed by atoms with Gasteiger partial charge in [-0.25, -0.2) is 17.8 Å². The number of pyridine rings is 1. The van der Waals surface area contributed by atoms with Gasteiger partial charge in [-0.2, -0.15) is 13.2 Å². The van der Waals surface area contributed by atoms with Crippen LogP contribution < -0.4 is 11.1 Å². The number of rotatable bonds is 11. The van der Waals surface area contributed by atoms with Gasteiger partial charge >= 0.3 is 6.18 Å². The zero-order chi connectivity index (χ0) is 26.4. The number of methoxy groups -OCH3 is 1. The number of sulfone groups is 1. The zero-order valence-electron chi connectivity index (χ0n) is 19.4. The van der Waals surface area contributed by atoms with Crippen LogP contribution in [0.5, 0.6) is 0 Å². The first-order valence-corrected chi connectivity index (χ1v) is 12.3. The number of nitrogens with zero attached hydrogens (tertiary/aromatic N) is 1. The van der Waals surface area contributed by atoms with Crippen molar-refractivity contribution in [1.29, 1.82) is 0 Å². The topological polar surface area (TPSA) is 121 Å². The Bertz CT molecular complexity index is 1140. The third-order valence-electron chi connectivity index (χ3n) is 5.17. The summed E-state index contributed by atoms with van der Waals surface area (Å²) in [7, 11) is -2.28. The molecule has 1 aromatic heterocycles. The van der Waals surface area contributed by atoms with Crippen LogP contribution in [0.3, 0.4) is 0 Å². The molecule has 1 aromatic carbocycles. The Kier molecular flexibility index (Phi) is 9.72. The Balaban J connectivity index is 2.15. The van der Waals surface area contributed by atoms with Crippen molar-refractivity contribution in [3.8, 4) is 0 Å². The van der Waals surface area contributed by atoms with Crippen molar-refractivity contribution in [3.05, 3.63) is 64.2 Å². The summed E-state index contributed by atoms with van der Waals surface area (Å²) in [5, 5.41) is 1.05. The SMILES string of the molecule is COCCOCc1nc(C(F)(F)F)ccc1CNC(=O)C(C)c1ccc(C(N)S(C)(=O)=O)c(F)c1. The Morgan fingerprint density at radius 3 is 2.46 bits per heavy atom. The molecule has 1 heterocycles. The molecule has 2 atom stereocenters. The molecule has 0 bridgehead atoms. The second-order valence-corrected chi connectivity index (χ2v) is 9.98. The van der Waals surface area contributed by atoms with Crippen molar-refractivity contribution >= 4 is 15.7 Å². The molecule has 0 radical (unpaired) electrons. The number of ether oxygens (including phenoxy) is 2. The number of hydrogen-bond donors (Lipinski definition) is 2. The van der Waals surface area contributed by atoms with Crippen molar-refractivity contribution in [3.63, 3.8) is 0 Å². The molecule has 2 aromatic rings. The van der Waals surface area contributed by atoms with E-state index < -0.39 is 44.7 Å². The average molecular weight is 522 g/mol. The maximum absolute atomic E-state index is 14.5. The van der Waals surface area contributed by atoms with Gasteiger partial charge in [0.05, 0.1) is 31.4 Å². The third kappa shape index (κ3) is 7.95. The lowest BCUT2D eigenvalue weighted by Crippen LogP contribution is -2.28. The molecule has 3 N–H and O–H groups in total. The normalized spacial score (nSPS) is 13.9. The number of benzene rings is 1. The Labute approximate surface area is 200 Å². The summed E-state index contributed by atoms with van der Waals surface area (Å²) in [5.74, 6) is -2.25. The molecular formula is C22H27F4N3O5S. The van der Waals surface area contributed by atoms with Gasteiger partial charge in [0, 0.05) is 25.5 Å². The minimum absolute atomic E-state index is 0.00837. The first-order valence-electron chi connectivity index (χ1n) is 10.4. The maximum atomic E-state index is 14.5. The van der Waals surface area contributed by atoms with Gasteiger partial charge in [0.1, 0.15) is 16.9 Å². The smallest absolute Gasteiger partial charge is 0.382 e. The molecule has 0 saturated heterocycles. The van der Waals surface area contributed by atoms with E-state index in [4.69, 9.17) is 15.2 Å². The van der Waals surface area contributed by atoms with Crippen LogP contribution in [-0.2, 0) is 43.4 Å². The molecule has 2 rings (SSSR count). The number of nitrogens with one attached hydrogen (secondary N) is 1. The van der Waals surface area contributed by atoms with Gasteiger partial charge < -0.3 is 20.5 Å². The number of aromatic nitrogens is 1. The van der Waals surface area contributed by atoms with Crippen molar-refractivity contribution < 1.29 is 40.2 Å². The largest absolute Gasteiger partial charge is 0.433 e. The van der Waals surface area contributed by atoms with Crippen LogP contribution in [-0.4, -0.2) is 45.9 Å². The number of carbonyl (C=O) groups is 1. The molecule has 0 aliphatic heterocycles. The summed E-state index contributed by atoms with van der Waals surface area (Å²) >= 11 is 0. The van der Waals surface area contributed by atoms with Gasteiger partial charge in [-0.05, 0) is 30.2 Å². The predicted molar refractivity (Wildman–Crippen MR) is 119 cm³/mol. The van der Waals surface area contributed by atoms with E-state index in [0.717, 1.165) is 18.4 Å².